The summed E-state index contributed by atoms with van der Waals surface area (Å²) in [5.41, 5.74) is 5.06. The van der Waals surface area contributed by atoms with Gasteiger partial charge in [-0.1, -0.05) is 36.4 Å². The molecule has 1 aliphatic heterocycles. The van der Waals surface area contributed by atoms with Crippen LogP contribution in [0.25, 0.3) is 0 Å². The molecule has 0 amide bonds. The Morgan fingerprint density at radius 2 is 1.57 bits per heavy atom. The fraction of sp³-hybridized carbons (Fsp3) is 0.0500. The Morgan fingerprint density at radius 3 is 2.43 bits per heavy atom. The minimum Gasteiger partial charge on any atom is -0.423 e. The van der Waals surface area contributed by atoms with Crippen LogP contribution in [0.3, 0.4) is 0 Å². The highest BCUT2D eigenvalue weighted by atomic mass is 16.5. The molecule has 0 atom stereocenters. The molecular formula is C20H15NO2. The smallest absolute Gasteiger partial charge is 0.343 e. The zero-order valence-corrected chi connectivity index (χ0v) is 12.5. The minimum absolute atomic E-state index is 0.335. The molecule has 0 saturated carbocycles. The van der Waals surface area contributed by atoms with Gasteiger partial charge in [0.25, 0.3) is 0 Å². The van der Waals surface area contributed by atoms with E-state index in [0.29, 0.717) is 11.3 Å². The Morgan fingerprint density at radius 1 is 0.826 bits per heavy atom. The van der Waals surface area contributed by atoms with Gasteiger partial charge in [-0.2, -0.15) is 0 Å². The number of rotatable bonds is 2. The molecule has 0 spiro atoms. The second-order valence-electron chi connectivity index (χ2n) is 5.53. The summed E-state index contributed by atoms with van der Waals surface area (Å²) in [7, 11) is 0. The fourth-order valence-corrected chi connectivity index (χ4v) is 2.79. The average Bonchev–Trinajstić information content (AvgIpc) is 2.60. The maximum atomic E-state index is 12.3. The SMILES string of the molecule is O=C(Oc1ccccc1)c1ccc2c(c1)Cc1ccccc1N2. The maximum Gasteiger partial charge on any atom is 0.343 e. The van der Waals surface area contributed by atoms with Crippen molar-refractivity contribution in [3.8, 4) is 5.75 Å². The molecule has 3 aromatic carbocycles. The van der Waals surface area contributed by atoms with Gasteiger partial charge in [-0.05, 0) is 47.5 Å². The maximum absolute atomic E-state index is 12.3. The number of hydrogen-bond acceptors (Lipinski definition) is 3. The number of benzene rings is 3. The van der Waals surface area contributed by atoms with Crippen LogP contribution >= 0.6 is 0 Å². The molecule has 0 aliphatic carbocycles. The van der Waals surface area contributed by atoms with E-state index < -0.39 is 0 Å². The quantitative estimate of drug-likeness (QED) is 0.436. The van der Waals surface area contributed by atoms with Gasteiger partial charge in [0.15, 0.2) is 0 Å². The molecule has 4 rings (SSSR count). The van der Waals surface area contributed by atoms with Gasteiger partial charge in [0.05, 0.1) is 5.56 Å². The molecule has 3 aromatic rings. The highest BCUT2D eigenvalue weighted by molar-refractivity contribution is 5.92. The van der Waals surface area contributed by atoms with Gasteiger partial charge in [-0.25, -0.2) is 4.79 Å². The van der Waals surface area contributed by atoms with E-state index in [-0.39, 0.29) is 5.97 Å². The van der Waals surface area contributed by atoms with Crippen LogP contribution in [0.1, 0.15) is 21.5 Å². The summed E-state index contributed by atoms with van der Waals surface area (Å²) >= 11 is 0. The number of nitrogens with one attached hydrogen (secondary N) is 1. The number of para-hydroxylation sites is 2. The standard InChI is InChI=1S/C20H15NO2/c22-20(23-17-7-2-1-3-8-17)15-10-11-19-16(13-15)12-14-6-4-5-9-18(14)21-19/h1-11,13,21H,12H2. The molecule has 1 heterocycles. The molecule has 3 heteroatoms. The van der Waals surface area contributed by atoms with Crippen LogP contribution in [-0.4, -0.2) is 5.97 Å². The molecule has 3 nitrogen and oxygen atoms in total. The molecule has 1 N–H and O–H groups in total. The van der Waals surface area contributed by atoms with Crippen molar-refractivity contribution in [1.29, 1.82) is 0 Å². The summed E-state index contributed by atoms with van der Waals surface area (Å²) in [5.74, 6) is 0.219. The monoisotopic (exact) mass is 301 g/mol. The second kappa shape index (κ2) is 5.61. The molecule has 0 fully saturated rings. The molecule has 0 saturated heterocycles. The lowest BCUT2D eigenvalue weighted by molar-refractivity contribution is 0.0734. The summed E-state index contributed by atoms with van der Waals surface area (Å²) in [6.45, 7) is 0. The number of hydrogen-bond donors (Lipinski definition) is 1. The van der Waals surface area contributed by atoms with E-state index in [9.17, 15) is 4.79 Å². The number of carbonyl (C=O) groups excluding carboxylic acids is 1. The third-order valence-electron chi connectivity index (χ3n) is 3.96. The predicted octanol–water partition coefficient (Wildman–Crippen LogP) is 4.55. The van der Waals surface area contributed by atoms with Crippen molar-refractivity contribution in [1.82, 2.24) is 0 Å². The van der Waals surface area contributed by atoms with Gasteiger partial charge in [-0.3, -0.25) is 0 Å². The summed E-state index contributed by atoms with van der Waals surface area (Å²) in [6.07, 6.45) is 0.810. The molecular weight excluding hydrogens is 286 g/mol. The van der Waals surface area contributed by atoms with Crippen LogP contribution in [0.5, 0.6) is 5.75 Å². The van der Waals surface area contributed by atoms with Gasteiger partial charge in [0.2, 0.25) is 0 Å². The van der Waals surface area contributed by atoms with E-state index in [1.165, 1.54) is 5.56 Å². The number of ether oxygens (including phenoxy) is 1. The lowest BCUT2D eigenvalue weighted by Gasteiger charge is -2.21. The Kier molecular flexibility index (Phi) is 3.31. The van der Waals surface area contributed by atoms with Crippen LogP contribution in [0, 0.1) is 0 Å². The van der Waals surface area contributed by atoms with E-state index in [1.807, 2.05) is 42.5 Å². The highest BCUT2D eigenvalue weighted by Crippen LogP contribution is 2.33. The second-order valence-corrected chi connectivity index (χ2v) is 5.53. The summed E-state index contributed by atoms with van der Waals surface area (Å²) in [4.78, 5) is 12.3. The Hall–Kier alpha value is -3.07. The topological polar surface area (TPSA) is 38.3 Å². The van der Waals surface area contributed by atoms with Gasteiger partial charge in [-0.15, -0.1) is 0 Å². The summed E-state index contributed by atoms with van der Waals surface area (Å²) in [6, 6.07) is 23.0. The van der Waals surface area contributed by atoms with Crippen LogP contribution in [0.4, 0.5) is 11.4 Å². The summed E-state index contributed by atoms with van der Waals surface area (Å²) < 4.78 is 5.40. The molecule has 0 unspecified atom stereocenters. The first-order valence-corrected chi connectivity index (χ1v) is 7.55. The number of carbonyl (C=O) groups is 1. The first-order chi connectivity index (χ1) is 11.3. The Balaban J connectivity index is 1.60. The van der Waals surface area contributed by atoms with Crippen LogP contribution in [0.2, 0.25) is 0 Å². The van der Waals surface area contributed by atoms with Crippen molar-refractivity contribution in [2.24, 2.45) is 0 Å². The third kappa shape index (κ3) is 2.69. The van der Waals surface area contributed by atoms with E-state index in [0.717, 1.165) is 23.4 Å². The largest absolute Gasteiger partial charge is 0.423 e. The minimum atomic E-state index is -0.335. The number of fused-ring (bicyclic) bond motifs is 2. The zero-order chi connectivity index (χ0) is 15.6. The number of anilines is 2. The fourth-order valence-electron chi connectivity index (χ4n) is 2.79. The van der Waals surface area contributed by atoms with E-state index >= 15 is 0 Å². The first-order valence-electron chi connectivity index (χ1n) is 7.55. The molecule has 0 aromatic heterocycles. The van der Waals surface area contributed by atoms with Gasteiger partial charge in [0.1, 0.15) is 5.75 Å². The van der Waals surface area contributed by atoms with Crippen LogP contribution in [-0.2, 0) is 6.42 Å². The van der Waals surface area contributed by atoms with Gasteiger partial charge in [0, 0.05) is 17.8 Å². The normalized spacial score (nSPS) is 11.8. The molecule has 23 heavy (non-hydrogen) atoms. The van der Waals surface area contributed by atoms with Crippen molar-refractivity contribution < 1.29 is 9.53 Å². The molecule has 0 bridgehead atoms. The van der Waals surface area contributed by atoms with Crippen LogP contribution < -0.4 is 10.1 Å². The predicted molar refractivity (Wildman–Crippen MR) is 90.4 cm³/mol. The molecule has 112 valence electrons. The van der Waals surface area contributed by atoms with Gasteiger partial charge >= 0.3 is 5.97 Å². The van der Waals surface area contributed by atoms with Crippen molar-refractivity contribution in [3.05, 3.63) is 89.5 Å². The van der Waals surface area contributed by atoms with Gasteiger partial charge < -0.3 is 10.1 Å². The summed E-state index contributed by atoms with van der Waals surface area (Å²) in [5, 5.41) is 3.40. The van der Waals surface area contributed by atoms with E-state index in [2.05, 4.69) is 17.4 Å². The Bertz CT molecular complexity index is 872. The number of esters is 1. The van der Waals surface area contributed by atoms with E-state index in [4.69, 9.17) is 4.74 Å². The van der Waals surface area contributed by atoms with Crippen molar-refractivity contribution in [3.63, 3.8) is 0 Å². The zero-order valence-electron chi connectivity index (χ0n) is 12.5. The van der Waals surface area contributed by atoms with Crippen molar-refractivity contribution in [2.75, 3.05) is 5.32 Å². The average molecular weight is 301 g/mol. The van der Waals surface area contributed by atoms with Crippen LogP contribution in [0.15, 0.2) is 72.8 Å². The molecule has 0 radical (unpaired) electrons. The highest BCUT2D eigenvalue weighted by Gasteiger charge is 2.17. The third-order valence-corrected chi connectivity index (χ3v) is 3.96. The lowest BCUT2D eigenvalue weighted by Crippen LogP contribution is -2.11. The van der Waals surface area contributed by atoms with Crippen molar-refractivity contribution in [2.45, 2.75) is 6.42 Å². The molecule has 1 aliphatic rings. The Labute approximate surface area is 134 Å². The first kappa shape index (κ1) is 13.6. The van der Waals surface area contributed by atoms with E-state index in [1.54, 1.807) is 18.2 Å². The van der Waals surface area contributed by atoms with Crippen molar-refractivity contribution >= 4 is 17.3 Å². The lowest BCUT2D eigenvalue weighted by atomic mass is 9.96.